The van der Waals surface area contributed by atoms with Crippen molar-refractivity contribution in [2.24, 2.45) is 5.92 Å². The Bertz CT molecular complexity index is 1120. The van der Waals surface area contributed by atoms with E-state index in [1.165, 1.54) is 18.4 Å². The summed E-state index contributed by atoms with van der Waals surface area (Å²) in [7, 11) is -1.56. The van der Waals surface area contributed by atoms with E-state index in [-0.39, 0.29) is 23.3 Å². The third-order valence-electron chi connectivity index (χ3n) is 5.87. The number of ether oxygens (including phenoxy) is 1. The average Bonchev–Trinajstić information content (AvgIpc) is 3.26. The zero-order valence-corrected chi connectivity index (χ0v) is 19.2. The maximum atomic E-state index is 13.2. The lowest BCUT2D eigenvalue weighted by atomic mass is 9.88. The predicted octanol–water partition coefficient (Wildman–Crippen LogP) is 3.05. The molecule has 0 spiro atoms. The fourth-order valence-corrected chi connectivity index (χ4v) is 7.26. The summed E-state index contributed by atoms with van der Waals surface area (Å²) in [6.07, 6.45) is 3.04. The minimum Gasteiger partial charge on any atom is -0.497 e. The highest BCUT2D eigenvalue weighted by Gasteiger charge is 2.33. The second kappa shape index (κ2) is 8.63. The molecule has 0 radical (unpaired) electrons. The summed E-state index contributed by atoms with van der Waals surface area (Å²) in [5.41, 5.74) is 1.89. The van der Waals surface area contributed by atoms with Crippen molar-refractivity contribution < 1.29 is 22.7 Å². The van der Waals surface area contributed by atoms with Crippen molar-refractivity contribution in [3.05, 3.63) is 45.8 Å². The Morgan fingerprint density at radius 3 is 2.71 bits per heavy atom. The van der Waals surface area contributed by atoms with Gasteiger partial charge in [-0.2, -0.15) is 0 Å². The zero-order chi connectivity index (χ0) is 22.2. The first kappa shape index (κ1) is 21.8. The molecule has 166 valence electrons. The van der Waals surface area contributed by atoms with Crippen LogP contribution < -0.4 is 15.4 Å². The summed E-state index contributed by atoms with van der Waals surface area (Å²) in [5, 5.41) is 6.32. The molecule has 1 aliphatic carbocycles. The van der Waals surface area contributed by atoms with Crippen LogP contribution in [0.1, 0.15) is 50.9 Å². The molecule has 1 aliphatic heterocycles. The molecule has 4 rings (SSSR count). The summed E-state index contributed by atoms with van der Waals surface area (Å²) in [5.74, 6) is 0.527. The zero-order valence-electron chi connectivity index (χ0n) is 17.6. The van der Waals surface area contributed by atoms with E-state index in [4.69, 9.17) is 4.74 Å². The lowest BCUT2D eigenvalue weighted by molar-refractivity contribution is 0.0941. The van der Waals surface area contributed by atoms with Crippen LogP contribution in [0.15, 0.2) is 24.3 Å². The molecule has 1 aromatic heterocycles. The molecule has 2 aliphatic rings. The second-order valence-electron chi connectivity index (χ2n) is 8.32. The number of methoxy groups -OCH3 is 1. The average molecular weight is 463 g/mol. The standard InChI is InChI=1S/C22H26N2O5S2/c1-13-6-7-17-18(10-13)30-22(24-20(25)14-4-3-5-16(11-14)29-2)19(17)21(26)23-15-8-9-31(27,28)12-15/h3-5,11,13,15H,6-10,12H2,1-2H3,(H,23,26)(H,24,25)/t13-,15+/m1/s1. The van der Waals surface area contributed by atoms with E-state index >= 15 is 0 Å². The lowest BCUT2D eigenvalue weighted by Gasteiger charge is -2.19. The quantitative estimate of drug-likeness (QED) is 0.711. The number of benzene rings is 1. The molecule has 1 fully saturated rings. The summed E-state index contributed by atoms with van der Waals surface area (Å²) in [4.78, 5) is 27.2. The number of nitrogens with one attached hydrogen (secondary N) is 2. The summed E-state index contributed by atoms with van der Waals surface area (Å²) in [6, 6.07) is 6.45. The summed E-state index contributed by atoms with van der Waals surface area (Å²) in [6.45, 7) is 2.18. The third kappa shape index (κ3) is 4.77. The van der Waals surface area contributed by atoms with Gasteiger partial charge in [0.1, 0.15) is 10.8 Å². The largest absolute Gasteiger partial charge is 0.497 e. The fourth-order valence-electron chi connectivity index (χ4n) is 4.19. The minimum absolute atomic E-state index is 0.0341. The molecule has 2 atom stereocenters. The van der Waals surface area contributed by atoms with Gasteiger partial charge in [-0.3, -0.25) is 9.59 Å². The van der Waals surface area contributed by atoms with E-state index in [1.807, 2.05) is 0 Å². The minimum atomic E-state index is -3.10. The van der Waals surface area contributed by atoms with Gasteiger partial charge < -0.3 is 15.4 Å². The molecule has 0 bridgehead atoms. The number of thiophene rings is 1. The van der Waals surface area contributed by atoms with Crippen molar-refractivity contribution >= 4 is 38.0 Å². The van der Waals surface area contributed by atoms with Crippen LogP contribution in [0.2, 0.25) is 0 Å². The Labute approximate surface area is 186 Å². The first-order valence-corrected chi connectivity index (χ1v) is 13.0. The lowest BCUT2D eigenvalue weighted by Crippen LogP contribution is -2.36. The molecule has 2 amide bonds. The smallest absolute Gasteiger partial charge is 0.256 e. The predicted molar refractivity (Wildman–Crippen MR) is 121 cm³/mol. The maximum absolute atomic E-state index is 13.2. The number of hydrogen-bond donors (Lipinski definition) is 2. The molecule has 31 heavy (non-hydrogen) atoms. The van der Waals surface area contributed by atoms with Crippen molar-refractivity contribution in [1.82, 2.24) is 5.32 Å². The van der Waals surface area contributed by atoms with E-state index in [9.17, 15) is 18.0 Å². The number of hydrogen-bond acceptors (Lipinski definition) is 6. The molecule has 2 aromatic rings. The second-order valence-corrected chi connectivity index (χ2v) is 11.6. The van der Waals surface area contributed by atoms with Gasteiger partial charge in [-0.1, -0.05) is 13.0 Å². The highest BCUT2D eigenvalue weighted by molar-refractivity contribution is 7.91. The summed E-state index contributed by atoms with van der Waals surface area (Å²) >= 11 is 1.44. The van der Waals surface area contributed by atoms with E-state index in [0.29, 0.717) is 34.2 Å². The number of amides is 2. The van der Waals surface area contributed by atoms with Crippen LogP contribution in [-0.2, 0) is 22.7 Å². The number of anilines is 1. The van der Waals surface area contributed by atoms with Gasteiger partial charge in [-0.25, -0.2) is 8.42 Å². The van der Waals surface area contributed by atoms with E-state index in [1.54, 1.807) is 24.3 Å². The van der Waals surface area contributed by atoms with Crippen molar-refractivity contribution in [3.63, 3.8) is 0 Å². The topological polar surface area (TPSA) is 102 Å². The van der Waals surface area contributed by atoms with Crippen LogP contribution in [0.25, 0.3) is 0 Å². The van der Waals surface area contributed by atoms with Crippen molar-refractivity contribution in [3.8, 4) is 5.75 Å². The van der Waals surface area contributed by atoms with Crippen LogP contribution in [0.3, 0.4) is 0 Å². The van der Waals surface area contributed by atoms with Crippen LogP contribution in [0, 0.1) is 5.92 Å². The van der Waals surface area contributed by atoms with Gasteiger partial charge >= 0.3 is 0 Å². The molecule has 1 saturated heterocycles. The molecule has 0 unspecified atom stereocenters. The van der Waals surface area contributed by atoms with Crippen LogP contribution in [-0.4, -0.2) is 44.9 Å². The Morgan fingerprint density at radius 1 is 1.19 bits per heavy atom. The first-order valence-electron chi connectivity index (χ1n) is 10.4. The van der Waals surface area contributed by atoms with Gasteiger partial charge in [-0.15, -0.1) is 11.3 Å². The number of fused-ring (bicyclic) bond motifs is 1. The molecule has 2 N–H and O–H groups in total. The van der Waals surface area contributed by atoms with Crippen molar-refractivity contribution in [1.29, 1.82) is 0 Å². The monoisotopic (exact) mass is 462 g/mol. The highest BCUT2D eigenvalue weighted by Crippen LogP contribution is 2.40. The summed E-state index contributed by atoms with van der Waals surface area (Å²) < 4.78 is 28.8. The van der Waals surface area contributed by atoms with Gasteiger partial charge in [0.15, 0.2) is 9.84 Å². The Morgan fingerprint density at radius 2 is 2.00 bits per heavy atom. The van der Waals surface area contributed by atoms with E-state index in [2.05, 4.69) is 17.6 Å². The first-order chi connectivity index (χ1) is 14.8. The maximum Gasteiger partial charge on any atom is 0.256 e. The van der Waals surface area contributed by atoms with Gasteiger partial charge in [0, 0.05) is 16.5 Å². The molecule has 2 heterocycles. The van der Waals surface area contributed by atoms with E-state index in [0.717, 1.165) is 29.7 Å². The van der Waals surface area contributed by atoms with E-state index < -0.39 is 15.9 Å². The van der Waals surface area contributed by atoms with Crippen molar-refractivity contribution in [2.45, 2.75) is 38.6 Å². The highest BCUT2D eigenvalue weighted by atomic mass is 32.2. The number of rotatable bonds is 5. The van der Waals surface area contributed by atoms with Gasteiger partial charge in [0.2, 0.25) is 0 Å². The third-order valence-corrected chi connectivity index (χ3v) is 8.80. The van der Waals surface area contributed by atoms with Gasteiger partial charge in [-0.05, 0) is 55.4 Å². The SMILES string of the molecule is COc1cccc(C(=O)Nc2sc3c(c2C(=O)N[C@H]2CCS(=O)(=O)C2)CC[C@@H](C)C3)c1. The number of sulfone groups is 1. The molecular formula is C22H26N2O5S2. The van der Waals surface area contributed by atoms with Crippen molar-refractivity contribution in [2.75, 3.05) is 23.9 Å². The Hall–Kier alpha value is -2.39. The molecule has 7 nitrogen and oxygen atoms in total. The Kier molecular flexibility index (Phi) is 6.07. The molecular weight excluding hydrogens is 436 g/mol. The van der Waals surface area contributed by atoms with Crippen LogP contribution in [0.4, 0.5) is 5.00 Å². The number of carbonyl (C=O) groups excluding carboxylic acids is 2. The Balaban J connectivity index is 1.62. The van der Waals surface area contributed by atoms with Crippen LogP contribution >= 0.6 is 11.3 Å². The molecule has 0 saturated carbocycles. The normalized spacial score (nSPS) is 21.9. The van der Waals surface area contributed by atoms with Crippen LogP contribution in [0.5, 0.6) is 5.75 Å². The number of carbonyl (C=O) groups is 2. The molecule has 9 heteroatoms. The van der Waals surface area contributed by atoms with Gasteiger partial charge in [0.25, 0.3) is 11.8 Å². The van der Waals surface area contributed by atoms with Gasteiger partial charge in [0.05, 0.1) is 24.2 Å². The molecule has 1 aromatic carbocycles. The fraction of sp³-hybridized carbons (Fsp3) is 0.455.